The molecule has 31 heavy (non-hydrogen) atoms. The number of hydrogen-bond donors (Lipinski definition) is 1. The van der Waals surface area contributed by atoms with Gasteiger partial charge in [0.1, 0.15) is 5.82 Å². The largest absolute Gasteiger partial charge is 0.477 e. The van der Waals surface area contributed by atoms with Gasteiger partial charge in [0.25, 0.3) is 5.91 Å². The summed E-state index contributed by atoms with van der Waals surface area (Å²) in [4.78, 5) is 47.8. The summed E-state index contributed by atoms with van der Waals surface area (Å²) >= 11 is 0. The lowest BCUT2D eigenvalue weighted by Gasteiger charge is -2.18. The van der Waals surface area contributed by atoms with Crippen molar-refractivity contribution < 1.29 is 28.4 Å². The van der Waals surface area contributed by atoms with Crippen molar-refractivity contribution in [2.24, 2.45) is 0 Å². The van der Waals surface area contributed by atoms with Gasteiger partial charge in [0.2, 0.25) is 5.75 Å². The number of halogens is 1. The summed E-state index contributed by atoms with van der Waals surface area (Å²) < 4.78 is 18.4. The first-order valence-corrected chi connectivity index (χ1v) is 9.04. The summed E-state index contributed by atoms with van der Waals surface area (Å²) in [5.74, 6) is -2.45. The minimum Gasteiger partial charge on any atom is -0.477 e. The molecular formula is C22H13FN2O6. The Morgan fingerprint density at radius 3 is 2.26 bits per heavy atom. The van der Waals surface area contributed by atoms with Gasteiger partial charge in [-0.15, -0.1) is 0 Å². The van der Waals surface area contributed by atoms with Gasteiger partial charge < -0.3 is 10.1 Å². The van der Waals surface area contributed by atoms with Crippen molar-refractivity contribution in [3.05, 3.63) is 98.8 Å². The molecule has 0 saturated heterocycles. The third-order valence-electron chi connectivity index (χ3n) is 4.69. The predicted octanol–water partition coefficient (Wildman–Crippen LogP) is 3.53. The van der Waals surface area contributed by atoms with Gasteiger partial charge in [-0.2, -0.15) is 0 Å². The van der Waals surface area contributed by atoms with E-state index in [4.69, 9.17) is 4.74 Å². The van der Waals surface area contributed by atoms with E-state index in [9.17, 15) is 28.9 Å². The fraction of sp³-hybridized carbons (Fsp3) is 0.0455. The summed E-state index contributed by atoms with van der Waals surface area (Å²) in [7, 11) is 0. The van der Waals surface area contributed by atoms with E-state index < -0.39 is 28.9 Å². The molecule has 0 spiro atoms. The Balaban J connectivity index is 1.51. The number of anilines is 1. The number of benzene rings is 3. The van der Waals surface area contributed by atoms with Crippen molar-refractivity contribution in [1.29, 1.82) is 0 Å². The van der Waals surface area contributed by atoms with Gasteiger partial charge in [0.15, 0.2) is 18.2 Å². The highest BCUT2D eigenvalue weighted by molar-refractivity contribution is 6.28. The first kappa shape index (κ1) is 19.9. The summed E-state index contributed by atoms with van der Waals surface area (Å²) in [5.41, 5.74) is 0.746. The van der Waals surface area contributed by atoms with E-state index in [1.807, 2.05) is 0 Å². The highest BCUT2D eigenvalue weighted by Gasteiger charge is 2.29. The van der Waals surface area contributed by atoms with Crippen molar-refractivity contribution >= 4 is 28.8 Å². The Hall–Kier alpha value is -4.40. The maximum Gasteiger partial charge on any atom is 0.311 e. The molecule has 0 radical (unpaired) electrons. The minimum atomic E-state index is -0.753. The molecule has 1 N–H and O–H groups in total. The van der Waals surface area contributed by atoms with Crippen LogP contribution in [0.2, 0.25) is 0 Å². The summed E-state index contributed by atoms with van der Waals surface area (Å²) in [6.07, 6.45) is 0. The normalized spacial score (nSPS) is 12.0. The van der Waals surface area contributed by atoms with Gasteiger partial charge in [0.05, 0.1) is 4.92 Å². The fourth-order valence-corrected chi connectivity index (χ4v) is 3.27. The lowest BCUT2D eigenvalue weighted by atomic mass is 9.84. The molecule has 0 aromatic heterocycles. The Morgan fingerprint density at radius 2 is 1.58 bits per heavy atom. The zero-order valence-corrected chi connectivity index (χ0v) is 15.8. The van der Waals surface area contributed by atoms with Crippen LogP contribution in [0.4, 0.5) is 15.8 Å². The SMILES string of the molecule is O=C(COc1cc(F)ccc1[N+](=O)[O-])Nc1ccc2c(c1)C(=O)c1ccccc1C2=O. The van der Waals surface area contributed by atoms with E-state index >= 15 is 0 Å². The molecule has 0 heterocycles. The number of hydrogen-bond acceptors (Lipinski definition) is 6. The number of ether oxygens (including phenoxy) is 1. The molecule has 0 aliphatic heterocycles. The molecule has 1 aliphatic carbocycles. The van der Waals surface area contributed by atoms with Crippen LogP contribution in [0.1, 0.15) is 31.8 Å². The van der Waals surface area contributed by atoms with Gasteiger partial charge in [-0.25, -0.2) is 4.39 Å². The maximum atomic E-state index is 13.4. The molecule has 1 aliphatic rings. The van der Waals surface area contributed by atoms with Gasteiger partial charge >= 0.3 is 5.69 Å². The number of nitrogens with one attached hydrogen (secondary N) is 1. The number of nitro groups is 1. The van der Waals surface area contributed by atoms with Gasteiger partial charge in [0, 0.05) is 40.1 Å². The third-order valence-corrected chi connectivity index (χ3v) is 4.69. The number of ketones is 2. The molecule has 0 saturated carbocycles. The van der Waals surface area contributed by atoms with Crippen molar-refractivity contribution in [3.63, 3.8) is 0 Å². The van der Waals surface area contributed by atoms with Gasteiger partial charge in [-0.3, -0.25) is 24.5 Å². The number of nitrogens with zero attached hydrogens (tertiary/aromatic N) is 1. The molecule has 9 heteroatoms. The second kappa shape index (κ2) is 7.79. The van der Waals surface area contributed by atoms with E-state index in [1.54, 1.807) is 24.3 Å². The van der Waals surface area contributed by atoms with Crippen LogP contribution in [-0.4, -0.2) is 29.0 Å². The van der Waals surface area contributed by atoms with Crippen LogP contribution in [0.5, 0.6) is 5.75 Å². The zero-order chi connectivity index (χ0) is 22.1. The molecule has 3 aromatic carbocycles. The third kappa shape index (κ3) is 3.76. The number of carbonyl (C=O) groups is 3. The average Bonchev–Trinajstić information content (AvgIpc) is 2.76. The average molecular weight is 420 g/mol. The Labute approximate surface area is 174 Å². The summed E-state index contributed by atoms with van der Waals surface area (Å²) in [6.45, 7) is -0.628. The van der Waals surface area contributed by atoms with Gasteiger partial charge in [-0.05, 0) is 24.3 Å². The second-order valence-corrected chi connectivity index (χ2v) is 6.67. The van der Waals surface area contributed by atoms with Crippen LogP contribution < -0.4 is 10.1 Å². The highest BCUT2D eigenvalue weighted by atomic mass is 19.1. The van der Waals surface area contributed by atoms with Crippen LogP contribution in [0, 0.1) is 15.9 Å². The molecule has 0 unspecified atom stereocenters. The second-order valence-electron chi connectivity index (χ2n) is 6.67. The number of rotatable bonds is 5. The van der Waals surface area contributed by atoms with E-state index in [-0.39, 0.29) is 39.7 Å². The van der Waals surface area contributed by atoms with Crippen molar-refractivity contribution in [2.45, 2.75) is 0 Å². The van der Waals surface area contributed by atoms with Crippen molar-refractivity contribution in [2.75, 3.05) is 11.9 Å². The number of nitro benzene ring substituents is 1. The smallest absolute Gasteiger partial charge is 0.311 e. The van der Waals surface area contributed by atoms with Crippen LogP contribution >= 0.6 is 0 Å². The Morgan fingerprint density at radius 1 is 0.935 bits per heavy atom. The summed E-state index contributed by atoms with van der Waals surface area (Å²) in [5, 5.41) is 13.5. The van der Waals surface area contributed by atoms with Crippen molar-refractivity contribution in [3.8, 4) is 5.75 Å². The molecule has 4 rings (SSSR count). The van der Waals surface area contributed by atoms with E-state index in [0.29, 0.717) is 5.56 Å². The highest BCUT2D eigenvalue weighted by Crippen LogP contribution is 2.30. The van der Waals surface area contributed by atoms with E-state index in [2.05, 4.69) is 5.32 Å². The molecular weight excluding hydrogens is 407 g/mol. The fourth-order valence-electron chi connectivity index (χ4n) is 3.27. The zero-order valence-electron chi connectivity index (χ0n) is 15.8. The molecule has 1 amide bonds. The van der Waals surface area contributed by atoms with Crippen LogP contribution in [-0.2, 0) is 4.79 Å². The Kier molecular flexibility index (Phi) is 5.00. The maximum absolute atomic E-state index is 13.4. The quantitative estimate of drug-likeness (QED) is 0.390. The van der Waals surface area contributed by atoms with Crippen molar-refractivity contribution in [1.82, 2.24) is 0 Å². The number of carbonyl (C=O) groups excluding carboxylic acids is 3. The minimum absolute atomic E-state index is 0.156. The standard InChI is InChI=1S/C22H13FN2O6/c23-12-5-8-18(25(29)30)19(9-12)31-11-20(26)24-13-6-7-16-17(10-13)22(28)15-4-2-1-3-14(15)21(16)27/h1-10H,11H2,(H,24,26). The van der Waals surface area contributed by atoms with Crippen LogP contribution in [0.3, 0.4) is 0 Å². The van der Waals surface area contributed by atoms with E-state index in [1.165, 1.54) is 18.2 Å². The van der Waals surface area contributed by atoms with Crippen LogP contribution in [0.25, 0.3) is 0 Å². The lowest BCUT2D eigenvalue weighted by molar-refractivity contribution is -0.385. The number of fused-ring (bicyclic) bond motifs is 2. The lowest BCUT2D eigenvalue weighted by Crippen LogP contribution is -2.23. The molecule has 0 bridgehead atoms. The van der Waals surface area contributed by atoms with Crippen LogP contribution in [0.15, 0.2) is 60.7 Å². The topological polar surface area (TPSA) is 116 Å². The van der Waals surface area contributed by atoms with Gasteiger partial charge in [-0.1, -0.05) is 24.3 Å². The molecule has 3 aromatic rings. The first-order chi connectivity index (χ1) is 14.8. The molecule has 8 nitrogen and oxygen atoms in total. The monoisotopic (exact) mass is 420 g/mol. The van der Waals surface area contributed by atoms with E-state index in [0.717, 1.165) is 18.2 Å². The summed E-state index contributed by atoms with van der Waals surface area (Å²) in [6, 6.07) is 13.4. The molecule has 154 valence electrons. The first-order valence-electron chi connectivity index (χ1n) is 9.04. The molecule has 0 fully saturated rings. The Bertz CT molecular complexity index is 1270. The molecule has 0 atom stereocenters. The predicted molar refractivity (Wildman–Crippen MR) is 107 cm³/mol. The number of amides is 1.